The molecule has 0 bridgehead atoms. The molecule has 1 aromatic rings. The Morgan fingerprint density at radius 3 is 2.94 bits per heavy atom. The van der Waals surface area contributed by atoms with Crippen molar-refractivity contribution >= 4 is 21.6 Å². The van der Waals surface area contributed by atoms with Gasteiger partial charge in [-0.25, -0.2) is 0 Å². The Labute approximate surface area is 118 Å². The molecule has 1 aromatic carbocycles. The minimum atomic E-state index is 0.578. The molecule has 0 N–H and O–H groups in total. The summed E-state index contributed by atoms with van der Waals surface area (Å²) in [7, 11) is 0. The molecular weight excluding hydrogens is 288 g/mol. The smallest absolute Gasteiger partial charge is 0.101 e. The highest BCUT2D eigenvalue weighted by atomic mass is 79.9. The monoisotopic (exact) mass is 306 g/mol. The van der Waals surface area contributed by atoms with Crippen molar-refractivity contribution in [2.24, 2.45) is 0 Å². The molecule has 0 spiro atoms. The predicted molar refractivity (Wildman–Crippen MR) is 78.8 cm³/mol. The third-order valence-corrected chi connectivity index (χ3v) is 4.23. The molecule has 0 aromatic heterocycles. The van der Waals surface area contributed by atoms with Crippen molar-refractivity contribution in [2.45, 2.75) is 45.1 Å². The molecule has 1 fully saturated rings. The van der Waals surface area contributed by atoms with Gasteiger partial charge in [0.2, 0.25) is 0 Å². The third-order valence-electron chi connectivity index (χ3n) is 3.74. The normalized spacial score (nSPS) is 20.3. The van der Waals surface area contributed by atoms with E-state index in [1.807, 2.05) is 12.1 Å². The molecule has 0 amide bonds. The molecule has 2 rings (SSSR count). The van der Waals surface area contributed by atoms with E-state index >= 15 is 0 Å². The third kappa shape index (κ3) is 2.87. The molecule has 0 radical (unpaired) electrons. The Hall–Kier alpha value is -1.01. The molecule has 0 aliphatic carbocycles. The summed E-state index contributed by atoms with van der Waals surface area (Å²) in [5.41, 5.74) is 1.89. The number of halogens is 1. The van der Waals surface area contributed by atoms with Crippen LogP contribution in [-0.2, 0) is 0 Å². The van der Waals surface area contributed by atoms with Gasteiger partial charge < -0.3 is 4.90 Å². The zero-order chi connectivity index (χ0) is 13.0. The summed E-state index contributed by atoms with van der Waals surface area (Å²) in [5.74, 6) is 0. The fourth-order valence-corrected chi connectivity index (χ4v) is 3.10. The summed E-state index contributed by atoms with van der Waals surface area (Å²) >= 11 is 3.52. The summed E-state index contributed by atoms with van der Waals surface area (Å²) in [6.07, 6.45) is 6.24. The van der Waals surface area contributed by atoms with E-state index in [-0.39, 0.29) is 0 Å². The summed E-state index contributed by atoms with van der Waals surface area (Å²) in [6, 6.07) is 8.85. The Balaban J connectivity index is 2.38. The molecule has 1 atom stereocenters. The van der Waals surface area contributed by atoms with Crippen molar-refractivity contribution in [3.05, 3.63) is 28.2 Å². The maximum absolute atomic E-state index is 9.28. The topological polar surface area (TPSA) is 27.0 Å². The van der Waals surface area contributed by atoms with Gasteiger partial charge in [0.25, 0.3) is 0 Å². The zero-order valence-corrected chi connectivity index (χ0v) is 12.4. The van der Waals surface area contributed by atoms with Crippen LogP contribution in [0.15, 0.2) is 22.7 Å². The highest BCUT2D eigenvalue weighted by Gasteiger charge is 2.22. The van der Waals surface area contributed by atoms with Crippen LogP contribution in [0.4, 0.5) is 5.69 Å². The SMILES string of the molecule is CCC1CCCCCN1c1cc(Br)ccc1C#N. The van der Waals surface area contributed by atoms with Gasteiger partial charge in [-0.3, -0.25) is 0 Å². The Kier molecular flexibility index (Phi) is 4.66. The summed E-state index contributed by atoms with van der Waals surface area (Å²) in [5, 5.41) is 9.28. The van der Waals surface area contributed by atoms with Crippen LogP contribution in [0, 0.1) is 11.3 Å². The first-order chi connectivity index (χ1) is 8.76. The summed E-state index contributed by atoms with van der Waals surface area (Å²) in [4.78, 5) is 2.44. The Bertz CT molecular complexity index is 450. The molecule has 0 saturated carbocycles. The van der Waals surface area contributed by atoms with Gasteiger partial charge in [0.1, 0.15) is 6.07 Å². The highest BCUT2D eigenvalue weighted by Crippen LogP contribution is 2.30. The fraction of sp³-hybridized carbons (Fsp3) is 0.533. The number of hydrogen-bond acceptors (Lipinski definition) is 2. The highest BCUT2D eigenvalue weighted by molar-refractivity contribution is 9.10. The van der Waals surface area contributed by atoms with Crippen LogP contribution in [0.2, 0.25) is 0 Å². The van der Waals surface area contributed by atoms with Gasteiger partial charge in [-0.1, -0.05) is 35.7 Å². The van der Waals surface area contributed by atoms with E-state index in [4.69, 9.17) is 0 Å². The van der Waals surface area contributed by atoms with Crippen molar-refractivity contribution in [3.63, 3.8) is 0 Å². The zero-order valence-electron chi connectivity index (χ0n) is 10.8. The first kappa shape index (κ1) is 13.4. The number of hydrogen-bond donors (Lipinski definition) is 0. The van der Waals surface area contributed by atoms with Gasteiger partial charge in [-0.05, 0) is 37.5 Å². The maximum Gasteiger partial charge on any atom is 0.101 e. The number of rotatable bonds is 2. The second-order valence-electron chi connectivity index (χ2n) is 4.88. The van der Waals surface area contributed by atoms with Crippen molar-refractivity contribution in [3.8, 4) is 6.07 Å². The second-order valence-corrected chi connectivity index (χ2v) is 5.79. The van der Waals surface area contributed by atoms with Crippen LogP contribution in [0.25, 0.3) is 0 Å². The molecule has 96 valence electrons. The standard InChI is InChI=1S/C15H19BrN2/c1-2-14-6-4-3-5-9-18(14)15-10-13(16)8-7-12(15)11-17/h7-8,10,14H,2-6,9H2,1H3. The number of anilines is 1. The van der Waals surface area contributed by atoms with E-state index in [1.54, 1.807) is 0 Å². The molecule has 3 heteroatoms. The minimum absolute atomic E-state index is 0.578. The lowest BCUT2D eigenvalue weighted by atomic mass is 10.1. The lowest BCUT2D eigenvalue weighted by Crippen LogP contribution is -2.34. The quantitative estimate of drug-likeness (QED) is 0.805. The summed E-state index contributed by atoms with van der Waals surface area (Å²) < 4.78 is 1.05. The molecule has 1 aliphatic rings. The van der Waals surface area contributed by atoms with Gasteiger partial charge in [0.15, 0.2) is 0 Å². The van der Waals surface area contributed by atoms with Gasteiger partial charge >= 0.3 is 0 Å². The molecular formula is C15H19BrN2. The van der Waals surface area contributed by atoms with E-state index in [0.29, 0.717) is 6.04 Å². The number of nitriles is 1. The first-order valence-corrected chi connectivity index (χ1v) is 7.52. The van der Waals surface area contributed by atoms with Gasteiger partial charge in [-0.2, -0.15) is 5.26 Å². The van der Waals surface area contributed by atoms with E-state index in [0.717, 1.165) is 28.7 Å². The van der Waals surface area contributed by atoms with E-state index in [2.05, 4.69) is 39.9 Å². The minimum Gasteiger partial charge on any atom is -0.367 e. The van der Waals surface area contributed by atoms with Gasteiger partial charge in [0.05, 0.1) is 11.3 Å². The second kappa shape index (κ2) is 6.24. The first-order valence-electron chi connectivity index (χ1n) is 6.72. The van der Waals surface area contributed by atoms with E-state index in [1.165, 1.54) is 25.7 Å². The molecule has 1 aliphatic heterocycles. The lowest BCUT2D eigenvalue weighted by Gasteiger charge is -2.32. The van der Waals surface area contributed by atoms with Crippen molar-refractivity contribution in [1.29, 1.82) is 5.26 Å². The van der Waals surface area contributed by atoms with Crippen LogP contribution >= 0.6 is 15.9 Å². The number of nitrogens with zero attached hydrogens (tertiary/aromatic N) is 2. The van der Waals surface area contributed by atoms with Crippen molar-refractivity contribution < 1.29 is 0 Å². The lowest BCUT2D eigenvalue weighted by molar-refractivity contribution is 0.556. The predicted octanol–water partition coefficient (Wildman–Crippen LogP) is 4.48. The van der Waals surface area contributed by atoms with Crippen LogP contribution in [0.1, 0.15) is 44.6 Å². The van der Waals surface area contributed by atoms with E-state index in [9.17, 15) is 5.26 Å². The molecule has 2 nitrogen and oxygen atoms in total. The fourth-order valence-electron chi connectivity index (χ4n) is 2.76. The van der Waals surface area contributed by atoms with E-state index < -0.39 is 0 Å². The molecule has 18 heavy (non-hydrogen) atoms. The Morgan fingerprint density at radius 2 is 2.22 bits per heavy atom. The average molecular weight is 307 g/mol. The van der Waals surface area contributed by atoms with Gasteiger partial charge in [0, 0.05) is 17.1 Å². The maximum atomic E-state index is 9.28. The van der Waals surface area contributed by atoms with Crippen LogP contribution in [-0.4, -0.2) is 12.6 Å². The number of benzene rings is 1. The summed E-state index contributed by atoms with van der Waals surface area (Å²) in [6.45, 7) is 3.32. The molecule has 1 heterocycles. The van der Waals surface area contributed by atoms with Crippen LogP contribution in [0.5, 0.6) is 0 Å². The van der Waals surface area contributed by atoms with Crippen LogP contribution < -0.4 is 4.90 Å². The molecule has 1 saturated heterocycles. The molecule has 1 unspecified atom stereocenters. The Morgan fingerprint density at radius 1 is 1.39 bits per heavy atom. The largest absolute Gasteiger partial charge is 0.367 e. The van der Waals surface area contributed by atoms with Crippen LogP contribution in [0.3, 0.4) is 0 Å². The average Bonchev–Trinajstić information content (AvgIpc) is 2.63. The van der Waals surface area contributed by atoms with Crippen molar-refractivity contribution in [1.82, 2.24) is 0 Å². The van der Waals surface area contributed by atoms with Crippen molar-refractivity contribution in [2.75, 3.05) is 11.4 Å². The van der Waals surface area contributed by atoms with Gasteiger partial charge in [-0.15, -0.1) is 0 Å².